The van der Waals surface area contributed by atoms with Crippen LogP contribution in [0.2, 0.25) is 0 Å². The first-order valence-electron chi connectivity index (χ1n) is 5.14. The molecule has 0 rings (SSSR count). The molecule has 0 spiro atoms. The Hall–Kier alpha value is -1.17. The van der Waals surface area contributed by atoms with Crippen molar-refractivity contribution in [3.05, 3.63) is 0 Å². The highest BCUT2D eigenvalue weighted by Crippen LogP contribution is 2.04. The first-order chi connectivity index (χ1) is 7.74. The predicted molar refractivity (Wildman–Crippen MR) is 61.2 cm³/mol. The van der Waals surface area contributed by atoms with Crippen molar-refractivity contribution in [1.29, 1.82) is 5.26 Å². The molecule has 0 aromatic heterocycles. The van der Waals surface area contributed by atoms with E-state index in [0.29, 0.717) is 0 Å². The molecule has 2 atom stereocenters. The van der Waals surface area contributed by atoms with E-state index in [0.717, 1.165) is 4.31 Å². The van der Waals surface area contributed by atoms with Gasteiger partial charge in [0.05, 0.1) is 12.0 Å². The minimum atomic E-state index is -3.87. The van der Waals surface area contributed by atoms with Gasteiger partial charge in [-0.05, 0) is 13.8 Å². The van der Waals surface area contributed by atoms with Gasteiger partial charge in [-0.1, -0.05) is 6.92 Å². The van der Waals surface area contributed by atoms with Crippen molar-refractivity contribution in [3.8, 4) is 6.07 Å². The molecule has 0 aliphatic rings. The maximum absolute atomic E-state index is 11.8. The number of carboxylic acid groups (broad SMARTS) is 1. The van der Waals surface area contributed by atoms with E-state index in [-0.39, 0.29) is 13.1 Å². The second kappa shape index (κ2) is 6.54. The summed E-state index contributed by atoms with van der Waals surface area (Å²) in [5.41, 5.74) is 0. The molecule has 2 N–H and O–H groups in total. The highest BCUT2D eigenvalue weighted by atomic mass is 32.2. The maximum atomic E-state index is 11.8. The summed E-state index contributed by atoms with van der Waals surface area (Å²) in [7, 11) is -3.87. The average molecular weight is 263 g/mol. The molecular weight excluding hydrogens is 246 g/mol. The van der Waals surface area contributed by atoms with Crippen molar-refractivity contribution < 1.29 is 18.3 Å². The lowest BCUT2D eigenvalue weighted by molar-refractivity contribution is -0.138. The van der Waals surface area contributed by atoms with Crippen LogP contribution in [0.5, 0.6) is 0 Å². The molecule has 0 aromatic rings. The van der Waals surface area contributed by atoms with E-state index in [9.17, 15) is 13.2 Å². The Morgan fingerprint density at radius 2 is 2.06 bits per heavy atom. The van der Waals surface area contributed by atoms with Crippen LogP contribution in [0.4, 0.5) is 0 Å². The van der Waals surface area contributed by atoms with E-state index in [1.807, 2.05) is 10.8 Å². The third-order valence-corrected chi connectivity index (χ3v) is 3.83. The van der Waals surface area contributed by atoms with Crippen molar-refractivity contribution in [1.82, 2.24) is 9.03 Å². The average Bonchev–Trinajstić information content (AvgIpc) is 2.24. The van der Waals surface area contributed by atoms with Gasteiger partial charge < -0.3 is 5.11 Å². The van der Waals surface area contributed by atoms with Gasteiger partial charge in [0, 0.05) is 13.1 Å². The highest BCUT2D eigenvalue weighted by molar-refractivity contribution is 7.87. The number of carbonyl (C=O) groups is 1. The summed E-state index contributed by atoms with van der Waals surface area (Å²) in [4.78, 5) is 10.6. The van der Waals surface area contributed by atoms with Gasteiger partial charge in [-0.3, -0.25) is 4.79 Å². The first kappa shape index (κ1) is 15.8. The minimum absolute atomic E-state index is 0.0364. The zero-order valence-corrected chi connectivity index (χ0v) is 10.9. The summed E-state index contributed by atoms with van der Waals surface area (Å²) < 4.78 is 26.6. The SMILES string of the molecule is CCN(CC(C)C#N)S(=O)(=O)NC(C)C(=O)O. The van der Waals surface area contributed by atoms with Crippen LogP contribution in [0.1, 0.15) is 20.8 Å². The van der Waals surface area contributed by atoms with Gasteiger partial charge in [0.25, 0.3) is 10.2 Å². The Morgan fingerprint density at radius 1 is 1.53 bits per heavy atom. The van der Waals surface area contributed by atoms with E-state index >= 15 is 0 Å². The second-order valence-corrected chi connectivity index (χ2v) is 5.37. The largest absolute Gasteiger partial charge is 0.480 e. The van der Waals surface area contributed by atoms with Crippen LogP contribution in [0.15, 0.2) is 0 Å². The molecule has 2 unspecified atom stereocenters. The Balaban J connectivity index is 4.77. The summed E-state index contributed by atoms with van der Waals surface area (Å²) in [5, 5.41) is 17.3. The molecule has 0 amide bonds. The molecule has 0 saturated carbocycles. The molecule has 0 aromatic carbocycles. The van der Waals surface area contributed by atoms with Crippen molar-refractivity contribution in [2.24, 2.45) is 5.92 Å². The van der Waals surface area contributed by atoms with Crippen LogP contribution in [-0.4, -0.2) is 42.9 Å². The molecule has 17 heavy (non-hydrogen) atoms. The van der Waals surface area contributed by atoms with Gasteiger partial charge in [0.1, 0.15) is 6.04 Å². The quantitative estimate of drug-likeness (QED) is 0.659. The highest BCUT2D eigenvalue weighted by Gasteiger charge is 2.26. The molecular formula is C9H17N3O4S. The summed E-state index contributed by atoms with van der Waals surface area (Å²) >= 11 is 0. The molecule has 0 heterocycles. The van der Waals surface area contributed by atoms with Crippen molar-refractivity contribution in [2.75, 3.05) is 13.1 Å². The molecule has 7 nitrogen and oxygen atoms in total. The van der Waals surface area contributed by atoms with Gasteiger partial charge in [-0.25, -0.2) is 0 Å². The molecule has 0 bridgehead atoms. The number of nitrogens with zero attached hydrogens (tertiary/aromatic N) is 2. The molecule has 98 valence electrons. The zero-order valence-electron chi connectivity index (χ0n) is 10.0. The van der Waals surface area contributed by atoms with Crippen LogP contribution in [-0.2, 0) is 15.0 Å². The maximum Gasteiger partial charge on any atom is 0.321 e. The zero-order chi connectivity index (χ0) is 13.6. The number of rotatable bonds is 7. The second-order valence-electron chi connectivity index (χ2n) is 3.66. The van der Waals surface area contributed by atoms with E-state index in [1.54, 1.807) is 13.8 Å². The third-order valence-electron chi connectivity index (χ3n) is 2.09. The summed E-state index contributed by atoms with van der Waals surface area (Å²) in [6.45, 7) is 4.66. The topological polar surface area (TPSA) is 111 Å². The van der Waals surface area contributed by atoms with Crippen LogP contribution in [0.3, 0.4) is 0 Å². The Morgan fingerprint density at radius 3 is 2.41 bits per heavy atom. The summed E-state index contributed by atoms with van der Waals surface area (Å²) in [5.74, 6) is -1.70. The van der Waals surface area contributed by atoms with Gasteiger partial charge >= 0.3 is 5.97 Å². The van der Waals surface area contributed by atoms with Crippen LogP contribution in [0.25, 0.3) is 0 Å². The molecule has 0 aliphatic heterocycles. The molecule has 0 fully saturated rings. The number of hydrogen-bond acceptors (Lipinski definition) is 4. The fourth-order valence-electron chi connectivity index (χ4n) is 1.09. The van der Waals surface area contributed by atoms with E-state index < -0.39 is 28.1 Å². The predicted octanol–water partition coefficient (Wildman–Crippen LogP) is -0.225. The Kier molecular flexibility index (Phi) is 6.09. The third kappa shape index (κ3) is 5.12. The fourth-order valence-corrected chi connectivity index (χ4v) is 2.55. The molecule has 0 saturated heterocycles. The number of hydrogen-bond donors (Lipinski definition) is 2. The van der Waals surface area contributed by atoms with Gasteiger partial charge in [0.15, 0.2) is 0 Å². The smallest absolute Gasteiger partial charge is 0.321 e. The first-order valence-corrected chi connectivity index (χ1v) is 6.58. The number of carboxylic acids is 1. The Bertz CT molecular complexity index is 401. The van der Waals surface area contributed by atoms with Crippen molar-refractivity contribution in [3.63, 3.8) is 0 Å². The van der Waals surface area contributed by atoms with Crippen LogP contribution >= 0.6 is 0 Å². The summed E-state index contributed by atoms with van der Waals surface area (Å²) in [6, 6.07) is 0.725. The molecule has 8 heteroatoms. The standard InChI is InChI=1S/C9H17N3O4S/c1-4-12(6-7(2)5-10)17(15,16)11-8(3)9(13)14/h7-8,11H,4,6H2,1-3H3,(H,13,14). The minimum Gasteiger partial charge on any atom is -0.480 e. The lowest BCUT2D eigenvalue weighted by Crippen LogP contribution is -2.48. The fraction of sp³-hybridized carbons (Fsp3) is 0.778. The lowest BCUT2D eigenvalue weighted by Gasteiger charge is -2.22. The van der Waals surface area contributed by atoms with Crippen molar-refractivity contribution in [2.45, 2.75) is 26.8 Å². The van der Waals surface area contributed by atoms with Crippen molar-refractivity contribution >= 4 is 16.2 Å². The monoisotopic (exact) mass is 263 g/mol. The Labute approximate surface area is 101 Å². The molecule has 0 radical (unpaired) electrons. The van der Waals surface area contributed by atoms with E-state index in [1.165, 1.54) is 6.92 Å². The van der Waals surface area contributed by atoms with Crippen LogP contribution < -0.4 is 4.72 Å². The lowest BCUT2D eigenvalue weighted by atomic mass is 10.2. The number of aliphatic carboxylic acids is 1. The van der Waals surface area contributed by atoms with E-state index in [4.69, 9.17) is 10.4 Å². The summed E-state index contributed by atoms with van der Waals surface area (Å²) in [6.07, 6.45) is 0. The van der Waals surface area contributed by atoms with Gasteiger partial charge in [-0.2, -0.15) is 22.7 Å². The van der Waals surface area contributed by atoms with Crippen LogP contribution in [0, 0.1) is 17.2 Å². The number of nitrogens with one attached hydrogen (secondary N) is 1. The normalized spacial score (nSPS) is 15.2. The van der Waals surface area contributed by atoms with Gasteiger partial charge in [0.2, 0.25) is 0 Å². The number of nitriles is 1. The van der Waals surface area contributed by atoms with Gasteiger partial charge in [-0.15, -0.1) is 0 Å². The molecule has 0 aliphatic carbocycles. The van der Waals surface area contributed by atoms with E-state index in [2.05, 4.69) is 0 Å².